The molecule has 0 aromatic heterocycles. The van der Waals surface area contributed by atoms with E-state index in [1.165, 1.54) is 12.1 Å². The summed E-state index contributed by atoms with van der Waals surface area (Å²) in [7, 11) is 0. The summed E-state index contributed by atoms with van der Waals surface area (Å²) in [5.74, 6) is -8.90. The maximum atomic E-state index is 15.2. The number of benzene rings is 3. The predicted octanol–water partition coefficient (Wildman–Crippen LogP) is 8.33. The Morgan fingerprint density at radius 1 is 0.735 bits per heavy atom. The van der Waals surface area contributed by atoms with Crippen LogP contribution in [0.3, 0.4) is 0 Å². The summed E-state index contributed by atoms with van der Waals surface area (Å²) in [6.07, 6.45) is 3.63. The van der Waals surface area contributed by atoms with Crippen molar-refractivity contribution in [2.45, 2.75) is 57.8 Å². The van der Waals surface area contributed by atoms with Crippen LogP contribution in [0.2, 0.25) is 0 Å². The molecule has 3 aromatic carbocycles. The maximum Gasteiger partial charge on any atom is 0.194 e. The first kappa shape index (κ1) is 24.3. The fraction of sp³-hybridized carbons (Fsp3) is 0.333. The van der Waals surface area contributed by atoms with Crippen molar-refractivity contribution in [1.29, 1.82) is 0 Å². The molecule has 0 bridgehead atoms. The number of fused-ring (bicyclic) bond motifs is 1. The zero-order valence-corrected chi connectivity index (χ0v) is 18.6. The lowest BCUT2D eigenvalue weighted by Crippen LogP contribution is -2.18. The first-order chi connectivity index (χ1) is 16.2. The van der Waals surface area contributed by atoms with Crippen LogP contribution >= 0.6 is 0 Å². The second-order valence-electron chi connectivity index (χ2n) is 8.81. The molecule has 0 saturated heterocycles. The average molecular weight is 480 g/mol. The molecule has 0 fully saturated rings. The molecule has 1 unspecified atom stereocenters. The van der Waals surface area contributed by atoms with Gasteiger partial charge in [-0.05, 0) is 90.6 Å². The van der Waals surface area contributed by atoms with Gasteiger partial charge in [-0.2, -0.15) is 0 Å². The van der Waals surface area contributed by atoms with Gasteiger partial charge in [-0.25, -0.2) is 30.7 Å². The second-order valence-corrected chi connectivity index (χ2v) is 8.81. The molecule has 0 radical (unpaired) electrons. The quantitative estimate of drug-likeness (QED) is 0.189. The highest BCUT2D eigenvalue weighted by molar-refractivity contribution is 5.67. The molecular weight excluding hydrogens is 457 g/mol. The van der Waals surface area contributed by atoms with Crippen molar-refractivity contribution < 1.29 is 30.7 Å². The molecule has 0 aliphatic heterocycles. The summed E-state index contributed by atoms with van der Waals surface area (Å²) in [4.78, 5) is 0. The largest absolute Gasteiger partial charge is 0.207 e. The fourth-order valence-corrected chi connectivity index (χ4v) is 4.81. The van der Waals surface area contributed by atoms with E-state index in [4.69, 9.17) is 0 Å². The van der Waals surface area contributed by atoms with E-state index in [9.17, 15) is 26.3 Å². The molecule has 0 saturated carbocycles. The van der Waals surface area contributed by atoms with Crippen LogP contribution in [-0.4, -0.2) is 0 Å². The Labute approximate surface area is 193 Å². The first-order valence-corrected chi connectivity index (χ1v) is 11.3. The van der Waals surface area contributed by atoms with E-state index in [1.807, 2.05) is 6.92 Å². The lowest BCUT2D eigenvalue weighted by Gasteiger charge is -2.27. The number of hydrogen-bond acceptors (Lipinski definition) is 0. The zero-order valence-electron chi connectivity index (χ0n) is 18.6. The van der Waals surface area contributed by atoms with Crippen molar-refractivity contribution in [3.05, 3.63) is 93.3 Å². The Kier molecular flexibility index (Phi) is 7.01. The average Bonchev–Trinajstić information content (AvgIpc) is 2.77. The Morgan fingerprint density at radius 3 is 2.00 bits per heavy atom. The van der Waals surface area contributed by atoms with Gasteiger partial charge < -0.3 is 0 Å². The highest BCUT2D eigenvalue weighted by atomic mass is 19.2. The van der Waals surface area contributed by atoms with E-state index >= 15 is 4.39 Å². The summed E-state index contributed by atoms with van der Waals surface area (Å²) in [5.41, 5.74) is -0.295. The van der Waals surface area contributed by atoms with Crippen molar-refractivity contribution in [2.24, 2.45) is 0 Å². The number of aryl methyl sites for hydroxylation is 1. The smallest absolute Gasteiger partial charge is 0.194 e. The molecule has 0 spiro atoms. The Balaban J connectivity index is 1.66. The minimum atomic E-state index is -1.73. The van der Waals surface area contributed by atoms with Crippen LogP contribution in [0.4, 0.5) is 30.7 Å². The maximum absolute atomic E-state index is 15.2. The van der Waals surface area contributed by atoms with E-state index in [0.29, 0.717) is 24.1 Å². The monoisotopic (exact) mass is 480 g/mol. The Bertz CT molecular complexity index is 1190. The number of rotatable bonds is 6. The molecule has 0 nitrogen and oxygen atoms in total. The molecular formula is C27H23F7. The third-order valence-electron chi connectivity index (χ3n) is 6.51. The van der Waals surface area contributed by atoms with Crippen molar-refractivity contribution >= 4 is 0 Å². The van der Waals surface area contributed by atoms with Crippen LogP contribution in [0.25, 0.3) is 11.1 Å². The summed E-state index contributed by atoms with van der Waals surface area (Å²) in [5, 5.41) is 0. The van der Waals surface area contributed by atoms with Gasteiger partial charge in [0.25, 0.3) is 0 Å². The van der Waals surface area contributed by atoms with Crippen molar-refractivity contribution in [1.82, 2.24) is 0 Å². The second kappa shape index (κ2) is 9.80. The number of hydrogen-bond donors (Lipinski definition) is 0. The van der Waals surface area contributed by atoms with Crippen LogP contribution in [0.15, 0.2) is 30.3 Å². The van der Waals surface area contributed by atoms with Crippen LogP contribution < -0.4 is 0 Å². The molecule has 0 amide bonds. The van der Waals surface area contributed by atoms with Gasteiger partial charge >= 0.3 is 0 Å². The molecule has 4 rings (SSSR count). The predicted molar refractivity (Wildman–Crippen MR) is 116 cm³/mol. The van der Waals surface area contributed by atoms with Gasteiger partial charge in [0.05, 0.1) is 5.56 Å². The highest BCUT2D eigenvalue weighted by Gasteiger charge is 2.30. The van der Waals surface area contributed by atoms with Gasteiger partial charge in [-0.1, -0.05) is 19.8 Å². The summed E-state index contributed by atoms with van der Waals surface area (Å²) < 4.78 is 100. The van der Waals surface area contributed by atoms with Gasteiger partial charge in [-0.3, -0.25) is 0 Å². The van der Waals surface area contributed by atoms with Gasteiger partial charge in [0.1, 0.15) is 23.3 Å². The third-order valence-corrected chi connectivity index (χ3v) is 6.51. The van der Waals surface area contributed by atoms with E-state index in [2.05, 4.69) is 0 Å². The first-order valence-electron chi connectivity index (χ1n) is 11.3. The normalized spacial score (nSPS) is 15.5. The van der Waals surface area contributed by atoms with Crippen molar-refractivity contribution in [3.63, 3.8) is 0 Å². The van der Waals surface area contributed by atoms with Crippen LogP contribution in [0, 0.1) is 40.7 Å². The molecule has 7 heteroatoms. The summed E-state index contributed by atoms with van der Waals surface area (Å²) >= 11 is 0. The molecule has 1 atom stereocenters. The standard InChI is InChI=1S/C27H23F7/c1-2-3-4-5-14-8-19(28)24(20(29)9-14)15-6-7-18-16(10-15)11-21(30)25(26(18)33)17-12-22(31)27(34)23(32)13-17/h8-9,11-13,15H,2-7,10H2,1H3. The van der Waals surface area contributed by atoms with Gasteiger partial charge in [0.15, 0.2) is 17.5 Å². The van der Waals surface area contributed by atoms with Gasteiger partial charge in [0, 0.05) is 5.56 Å². The fourth-order valence-electron chi connectivity index (χ4n) is 4.81. The van der Waals surface area contributed by atoms with Crippen molar-refractivity contribution in [3.8, 4) is 11.1 Å². The molecule has 0 N–H and O–H groups in total. The number of unbranched alkanes of at least 4 members (excludes halogenated alkanes) is 2. The minimum Gasteiger partial charge on any atom is -0.207 e. The number of halogens is 7. The van der Waals surface area contributed by atoms with E-state index in [-0.39, 0.29) is 36.0 Å². The lowest BCUT2D eigenvalue weighted by atomic mass is 9.78. The molecule has 34 heavy (non-hydrogen) atoms. The molecule has 1 aliphatic rings. The van der Waals surface area contributed by atoms with E-state index in [1.54, 1.807) is 0 Å². The molecule has 180 valence electrons. The van der Waals surface area contributed by atoms with Crippen LogP contribution in [0.5, 0.6) is 0 Å². The third kappa shape index (κ3) is 4.57. The van der Waals surface area contributed by atoms with Crippen LogP contribution in [0.1, 0.15) is 60.8 Å². The van der Waals surface area contributed by atoms with Gasteiger partial charge in [-0.15, -0.1) is 0 Å². The molecule has 1 aliphatic carbocycles. The van der Waals surface area contributed by atoms with Crippen LogP contribution in [-0.2, 0) is 19.3 Å². The SMILES string of the molecule is CCCCCc1cc(F)c(C2CCc3c(cc(F)c(-c4cc(F)c(F)c(F)c4)c3F)C2)c(F)c1. The summed E-state index contributed by atoms with van der Waals surface area (Å²) in [6.45, 7) is 2.04. The zero-order chi connectivity index (χ0) is 24.6. The van der Waals surface area contributed by atoms with Gasteiger partial charge in [0.2, 0.25) is 0 Å². The van der Waals surface area contributed by atoms with Crippen molar-refractivity contribution in [2.75, 3.05) is 0 Å². The Morgan fingerprint density at radius 2 is 1.38 bits per heavy atom. The topological polar surface area (TPSA) is 0 Å². The van der Waals surface area contributed by atoms with E-state index < -0.39 is 57.8 Å². The highest BCUT2D eigenvalue weighted by Crippen LogP contribution is 2.40. The molecule has 3 aromatic rings. The lowest BCUT2D eigenvalue weighted by molar-refractivity contribution is 0.447. The van der Waals surface area contributed by atoms with E-state index in [0.717, 1.165) is 25.3 Å². The molecule has 0 heterocycles. The summed E-state index contributed by atoms with van der Waals surface area (Å²) in [6, 6.07) is 4.74. The Hall–Kier alpha value is -2.83. The minimum absolute atomic E-state index is 0.0125.